The monoisotopic (exact) mass is 294 g/mol. The number of aryl methyl sites for hydroxylation is 2. The van der Waals surface area contributed by atoms with E-state index in [-0.39, 0.29) is 6.61 Å². The lowest BCUT2D eigenvalue weighted by molar-refractivity contribution is 0.111. The third-order valence-corrected chi connectivity index (χ3v) is 3.46. The summed E-state index contributed by atoms with van der Waals surface area (Å²) in [6.45, 7) is 2.12. The summed E-state index contributed by atoms with van der Waals surface area (Å²) in [6.07, 6.45) is 0.732. The van der Waals surface area contributed by atoms with Crippen LogP contribution in [-0.4, -0.2) is 23.2 Å². The molecule has 0 aliphatic rings. The molecular formula is C14H15ClN2O3. The Balaban J connectivity index is 2.20. The van der Waals surface area contributed by atoms with Crippen molar-refractivity contribution in [1.29, 1.82) is 0 Å². The van der Waals surface area contributed by atoms with Crippen molar-refractivity contribution in [1.82, 2.24) is 9.78 Å². The summed E-state index contributed by atoms with van der Waals surface area (Å²) in [5.74, 6) is 1.09. The molecular weight excluding hydrogens is 280 g/mol. The highest BCUT2D eigenvalue weighted by Crippen LogP contribution is 2.25. The summed E-state index contributed by atoms with van der Waals surface area (Å²) in [6, 6.07) is 5.06. The van der Waals surface area contributed by atoms with Crippen LogP contribution in [0.1, 0.15) is 21.6 Å². The van der Waals surface area contributed by atoms with Crippen molar-refractivity contribution < 1.29 is 14.3 Å². The van der Waals surface area contributed by atoms with Gasteiger partial charge in [-0.2, -0.15) is 5.10 Å². The first-order chi connectivity index (χ1) is 9.56. The normalized spacial score (nSPS) is 10.4. The first-order valence-electron chi connectivity index (χ1n) is 6.00. The summed E-state index contributed by atoms with van der Waals surface area (Å²) in [5, 5.41) is 4.74. The molecule has 6 heteroatoms. The lowest BCUT2D eigenvalue weighted by Gasteiger charge is -2.09. The number of methoxy groups -OCH3 is 1. The maximum absolute atomic E-state index is 11.1. The summed E-state index contributed by atoms with van der Waals surface area (Å²) < 4.78 is 12.3. The van der Waals surface area contributed by atoms with Gasteiger partial charge >= 0.3 is 0 Å². The number of aromatic nitrogens is 2. The smallest absolute Gasteiger partial charge is 0.153 e. The van der Waals surface area contributed by atoms with Crippen LogP contribution in [0, 0.1) is 6.92 Å². The number of benzene rings is 1. The number of hydrogen-bond donors (Lipinski definition) is 0. The van der Waals surface area contributed by atoms with Crippen LogP contribution >= 0.6 is 11.6 Å². The van der Waals surface area contributed by atoms with Crippen molar-refractivity contribution in [3.8, 4) is 11.5 Å². The molecule has 0 aliphatic heterocycles. The van der Waals surface area contributed by atoms with E-state index in [1.807, 2.05) is 6.92 Å². The maximum Gasteiger partial charge on any atom is 0.153 e. The predicted molar refractivity (Wildman–Crippen MR) is 75.7 cm³/mol. The predicted octanol–water partition coefficient (Wildman–Crippen LogP) is 2.78. The molecule has 1 aromatic carbocycles. The molecule has 1 heterocycles. The number of ether oxygens (including phenoxy) is 2. The van der Waals surface area contributed by atoms with E-state index in [9.17, 15) is 4.79 Å². The van der Waals surface area contributed by atoms with E-state index in [1.165, 1.54) is 0 Å². The number of carbonyl (C=O) groups excluding carboxylic acids is 1. The van der Waals surface area contributed by atoms with E-state index in [1.54, 1.807) is 37.0 Å². The molecule has 2 rings (SSSR count). The Morgan fingerprint density at radius 2 is 2.20 bits per heavy atom. The zero-order valence-electron chi connectivity index (χ0n) is 11.5. The molecule has 20 heavy (non-hydrogen) atoms. The molecule has 5 nitrogen and oxygen atoms in total. The van der Waals surface area contributed by atoms with Crippen LogP contribution in [0.4, 0.5) is 0 Å². The zero-order chi connectivity index (χ0) is 14.7. The third kappa shape index (κ3) is 2.77. The third-order valence-electron chi connectivity index (χ3n) is 2.99. The first kappa shape index (κ1) is 14.4. The van der Waals surface area contributed by atoms with Crippen LogP contribution < -0.4 is 9.47 Å². The number of rotatable bonds is 5. The molecule has 0 atom stereocenters. The average molecular weight is 295 g/mol. The fraction of sp³-hybridized carbons (Fsp3) is 0.286. The number of hydrogen-bond acceptors (Lipinski definition) is 4. The van der Waals surface area contributed by atoms with Gasteiger partial charge in [-0.3, -0.25) is 9.48 Å². The van der Waals surface area contributed by atoms with Crippen LogP contribution in [0.15, 0.2) is 18.2 Å². The topological polar surface area (TPSA) is 53.4 Å². The highest BCUT2D eigenvalue weighted by molar-refractivity contribution is 6.30. The summed E-state index contributed by atoms with van der Waals surface area (Å²) >= 11 is 6.13. The fourth-order valence-corrected chi connectivity index (χ4v) is 2.09. The summed E-state index contributed by atoms with van der Waals surface area (Å²) in [4.78, 5) is 11.1. The molecule has 106 valence electrons. The SMILES string of the molecule is COc1ccc(OCc2c(C)nn(C)c2Cl)c(C=O)c1. The van der Waals surface area contributed by atoms with E-state index >= 15 is 0 Å². The number of carbonyl (C=O) groups is 1. The van der Waals surface area contributed by atoms with Crippen LogP contribution in [0.2, 0.25) is 5.15 Å². The van der Waals surface area contributed by atoms with E-state index < -0.39 is 0 Å². The van der Waals surface area contributed by atoms with Crippen LogP contribution in [0.25, 0.3) is 0 Å². The quantitative estimate of drug-likeness (QED) is 0.796. The Hall–Kier alpha value is -2.01. The Morgan fingerprint density at radius 1 is 1.45 bits per heavy atom. The standard InChI is InChI=1S/C14H15ClN2O3/c1-9-12(14(15)17(2)16-9)8-20-13-5-4-11(19-3)6-10(13)7-18/h4-7H,8H2,1-3H3. The molecule has 0 bridgehead atoms. The van der Waals surface area contributed by atoms with E-state index in [4.69, 9.17) is 21.1 Å². The molecule has 2 aromatic rings. The van der Waals surface area contributed by atoms with E-state index in [2.05, 4.69) is 5.10 Å². The lowest BCUT2D eigenvalue weighted by atomic mass is 10.2. The molecule has 0 aliphatic carbocycles. The lowest BCUT2D eigenvalue weighted by Crippen LogP contribution is -2.00. The molecule has 0 saturated heterocycles. The van der Waals surface area contributed by atoms with Crippen LogP contribution in [0.5, 0.6) is 11.5 Å². The average Bonchev–Trinajstić information content (AvgIpc) is 2.70. The van der Waals surface area contributed by atoms with Crippen molar-refractivity contribution >= 4 is 17.9 Å². The van der Waals surface area contributed by atoms with Crippen molar-refractivity contribution in [3.63, 3.8) is 0 Å². The van der Waals surface area contributed by atoms with Gasteiger partial charge in [-0.25, -0.2) is 0 Å². The summed E-state index contributed by atoms with van der Waals surface area (Å²) in [5.41, 5.74) is 2.04. The van der Waals surface area contributed by atoms with Gasteiger partial charge in [-0.15, -0.1) is 0 Å². The molecule has 0 unspecified atom stereocenters. The minimum absolute atomic E-state index is 0.256. The van der Waals surface area contributed by atoms with Gasteiger partial charge < -0.3 is 9.47 Å². The Bertz CT molecular complexity index is 638. The second-order valence-electron chi connectivity index (χ2n) is 4.29. The molecule has 0 spiro atoms. The van der Waals surface area contributed by atoms with Gasteiger partial charge in [-0.1, -0.05) is 11.6 Å². The van der Waals surface area contributed by atoms with Gasteiger partial charge in [-0.05, 0) is 25.1 Å². The first-order valence-corrected chi connectivity index (χ1v) is 6.38. The van der Waals surface area contributed by atoms with Gasteiger partial charge in [0.1, 0.15) is 23.3 Å². The highest BCUT2D eigenvalue weighted by Gasteiger charge is 2.13. The van der Waals surface area contributed by atoms with Crippen molar-refractivity contribution in [2.24, 2.45) is 7.05 Å². The van der Waals surface area contributed by atoms with Crippen molar-refractivity contribution in [2.45, 2.75) is 13.5 Å². The number of aldehydes is 1. The highest BCUT2D eigenvalue weighted by atomic mass is 35.5. The van der Waals surface area contributed by atoms with Gasteiger partial charge in [0, 0.05) is 12.6 Å². The van der Waals surface area contributed by atoms with Crippen LogP contribution in [0.3, 0.4) is 0 Å². The minimum atomic E-state index is 0.256. The fourth-order valence-electron chi connectivity index (χ4n) is 1.86. The van der Waals surface area contributed by atoms with E-state index in [0.29, 0.717) is 22.2 Å². The summed E-state index contributed by atoms with van der Waals surface area (Å²) in [7, 11) is 3.31. The number of nitrogens with zero attached hydrogens (tertiary/aromatic N) is 2. The van der Waals surface area contributed by atoms with Crippen molar-refractivity contribution in [3.05, 3.63) is 40.2 Å². The zero-order valence-corrected chi connectivity index (χ0v) is 12.3. The minimum Gasteiger partial charge on any atom is -0.497 e. The second kappa shape index (κ2) is 5.96. The Kier molecular flexibility index (Phi) is 4.29. The second-order valence-corrected chi connectivity index (χ2v) is 4.65. The van der Waals surface area contributed by atoms with Gasteiger partial charge in [0.2, 0.25) is 0 Å². The van der Waals surface area contributed by atoms with E-state index in [0.717, 1.165) is 17.5 Å². The molecule has 0 fully saturated rings. The number of halogens is 1. The Morgan fingerprint density at radius 3 is 2.75 bits per heavy atom. The molecule has 1 aromatic heterocycles. The van der Waals surface area contributed by atoms with Crippen molar-refractivity contribution in [2.75, 3.05) is 7.11 Å². The van der Waals surface area contributed by atoms with Gasteiger partial charge in [0.25, 0.3) is 0 Å². The largest absolute Gasteiger partial charge is 0.497 e. The van der Waals surface area contributed by atoms with Crippen LogP contribution in [-0.2, 0) is 13.7 Å². The molecule has 0 N–H and O–H groups in total. The molecule has 0 radical (unpaired) electrons. The Labute approximate surface area is 122 Å². The molecule has 0 saturated carbocycles. The van der Waals surface area contributed by atoms with Gasteiger partial charge in [0.05, 0.1) is 18.4 Å². The molecule has 0 amide bonds. The van der Waals surface area contributed by atoms with Gasteiger partial charge in [0.15, 0.2) is 6.29 Å². The maximum atomic E-state index is 11.1.